The zero-order valence-electron chi connectivity index (χ0n) is 13.5. The van der Waals surface area contributed by atoms with Crippen molar-refractivity contribution >= 4 is 5.78 Å². The molecule has 1 nitrogen and oxygen atoms in total. The molecule has 2 fully saturated rings. The van der Waals surface area contributed by atoms with Gasteiger partial charge in [-0.15, -0.1) is 0 Å². The van der Waals surface area contributed by atoms with Crippen molar-refractivity contribution in [3.63, 3.8) is 0 Å². The van der Waals surface area contributed by atoms with Crippen LogP contribution in [-0.4, -0.2) is 5.78 Å². The van der Waals surface area contributed by atoms with E-state index in [0.717, 1.165) is 24.7 Å². The molecule has 0 amide bonds. The molecule has 2 aliphatic carbocycles. The van der Waals surface area contributed by atoms with E-state index in [9.17, 15) is 4.79 Å². The highest BCUT2D eigenvalue weighted by Gasteiger charge is 2.55. The van der Waals surface area contributed by atoms with Gasteiger partial charge in [0.25, 0.3) is 0 Å². The number of hydrogen-bond donors (Lipinski definition) is 0. The fraction of sp³-hybridized carbons (Fsp3) is 0.947. The van der Waals surface area contributed by atoms with E-state index in [2.05, 4.69) is 6.92 Å². The molecule has 2 aliphatic rings. The summed E-state index contributed by atoms with van der Waals surface area (Å²) < 4.78 is 0. The van der Waals surface area contributed by atoms with Crippen LogP contribution in [0.25, 0.3) is 0 Å². The first-order valence-corrected chi connectivity index (χ1v) is 9.37. The van der Waals surface area contributed by atoms with Gasteiger partial charge >= 0.3 is 0 Å². The summed E-state index contributed by atoms with van der Waals surface area (Å²) in [7, 11) is 0. The maximum Gasteiger partial charge on any atom is 0.136 e. The predicted molar refractivity (Wildman–Crippen MR) is 85.8 cm³/mol. The highest BCUT2D eigenvalue weighted by atomic mass is 16.1. The summed E-state index contributed by atoms with van der Waals surface area (Å²) >= 11 is 0. The van der Waals surface area contributed by atoms with Crippen LogP contribution in [0, 0.1) is 17.8 Å². The Bertz CT molecular complexity index is 273. The lowest BCUT2D eigenvalue weighted by Gasteiger charge is -2.04. The second-order valence-electron chi connectivity index (χ2n) is 7.18. The summed E-state index contributed by atoms with van der Waals surface area (Å²) in [6.45, 7) is 2.27. The van der Waals surface area contributed by atoms with Crippen molar-refractivity contribution in [3.05, 3.63) is 0 Å². The van der Waals surface area contributed by atoms with E-state index in [1.54, 1.807) is 0 Å². The molecule has 2 unspecified atom stereocenters. The van der Waals surface area contributed by atoms with Crippen molar-refractivity contribution < 1.29 is 4.79 Å². The number of hydrogen-bond acceptors (Lipinski definition) is 1. The summed E-state index contributed by atoms with van der Waals surface area (Å²) in [6, 6.07) is 0. The van der Waals surface area contributed by atoms with Gasteiger partial charge in [-0.05, 0) is 31.1 Å². The molecule has 0 spiro atoms. The molecule has 0 bridgehead atoms. The van der Waals surface area contributed by atoms with Crippen molar-refractivity contribution in [1.82, 2.24) is 0 Å². The van der Waals surface area contributed by atoms with Crippen LogP contribution < -0.4 is 0 Å². The number of fused-ring (bicyclic) bond motifs is 1. The second kappa shape index (κ2) is 8.85. The highest BCUT2D eigenvalue weighted by molar-refractivity contribution is 5.84. The monoisotopic (exact) mass is 278 g/mol. The normalized spacial score (nSPS) is 27.6. The van der Waals surface area contributed by atoms with Gasteiger partial charge in [0, 0.05) is 12.3 Å². The number of Topliss-reactive ketones (excluding diaryl/α,β-unsaturated/α-hetero) is 1. The van der Waals surface area contributed by atoms with Crippen LogP contribution in [0.3, 0.4) is 0 Å². The fourth-order valence-corrected chi connectivity index (χ4v) is 4.25. The van der Waals surface area contributed by atoms with Crippen LogP contribution in [0.15, 0.2) is 0 Å². The SMILES string of the molecule is CCCCCCCCCCCCC(=O)C1C2CCCC21. The molecule has 0 aromatic carbocycles. The van der Waals surface area contributed by atoms with Gasteiger partial charge in [-0.1, -0.05) is 71.1 Å². The number of carbonyl (C=O) groups excluding carboxylic acids is 1. The molecular weight excluding hydrogens is 244 g/mol. The smallest absolute Gasteiger partial charge is 0.136 e. The first-order chi connectivity index (χ1) is 9.84. The van der Waals surface area contributed by atoms with Crippen LogP contribution in [0.4, 0.5) is 0 Å². The van der Waals surface area contributed by atoms with Gasteiger partial charge < -0.3 is 0 Å². The molecular formula is C19H34O. The van der Waals surface area contributed by atoms with Crippen molar-refractivity contribution in [2.75, 3.05) is 0 Å². The Morgan fingerprint density at radius 1 is 0.800 bits per heavy atom. The standard InChI is InChI=1S/C19H34O/c1-2-3-4-5-6-7-8-9-10-11-15-18(20)19-16-13-12-14-17(16)19/h16-17,19H,2-15H2,1H3. The Morgan fingerprint density at radius 2 is 1.30 bits per heavy atom. The lowest BCUT2D eigenvalue weighted by atomic mass is 10.0. The van der Waals surface area contributed by atoms with E-state index >= 15 is 0 Å². The summed E-state index contributed by atoms with van der Waals surface area (Å²) in [5.74, 6) is 2.78. The molecule has 0 aromatic rings. The third kappa shape index (κ3) is 4.90. The van der Waals surface area contributed by atoms with Crippen LogP contribution in [0.2, 0.25) is 0 Å². The lowest BCUT2D eigenvalue weighted by Crippen LogP contribution is -2.05. The first-order valence-electron chi connectivity index (χ1n) is 9.37. The van der Waals surface area contributed by atoms with Gasteiger partial charge in [-0.3, -0.25) is 4.79 Å². The third-order valence-electron chi connectivity index (χ3n) is 5.56. The zero-order chi connectivity index (χ0) is 14.2. The number of unbranched alkanes of at least 4 members (excludes halogenated alkanes) is 9. The molecule has 20 heavy (non-hydrogen) atoms. The fourth-order valence-electron chi connectivity index (χ4n) is 4.25. The van der Waals surface area contributed by atoms with Crippen molar-refractivity contribution in [3.8, 4) is 0 Å². The molecule has 2 saturated carbocycles. The molecule has 2 rings (SSSR count). The molecule has 2 atom stereocenters. The van der Waals surface area contributed by atoms with E-state index in [1.165, 1.54) is 77.0 Å². The quantitative estimate of drug-likeness (QED) is 0.405. The average molecular weight is 278 g/mol. The van der Waals surface area contributed by atoms with Crippen LogP contribution in [0.5, 0.6) is 0 Å². The molecule has 116 valence electrons. The molecule has 0 N–H and O–H groups in total. The number of ketones is 1. The third-order valence-corrected chi connectivity index (χ3v) is 5.56. The Balaban J connectivity index is 1.34. The first kappa shape index (κ1) is 16.0. The minimum atomic E-state index is 0.516. The Hall–Kier alpha value is -0.330. The maximum atomic E-state index is 12.1. The van der Waals surface area contributed by atoms with E-state index in [1.807, 2.05) is 0 Å². The predicted octanol–water partition coefficient (Wildman–Crippen LogP) is 5.91. The topological polar surface area (TPSA) is 17.1 Å². The van der Waals surface area contributed by atoms with Gasteiger partial charge in [0.15, 0.2) is 0 Å². The van der Waals surface area contributed by atoms with Gasteiger partial charge in [0.2, 0.25) is 0 Å². The van der Waals surface area contributed by atoms with Crippen molar-refractivity contribution in [1.29, 1.82) is 0 Å². The molecule has 0 radical (unpaired) electrons. The molecule has 0 heterocycles. The van der Waals surface area contributed by atoms with E-state index < -0.39 is 0 Å². The average Bonchev–Trinajstić information content (AvgIpc) is 2.94. The number of rotatable bonds is 12. The molecule has 1 heteroatoms. The Kier molecular flexibility index (Phi) is 7.10. The van der Waals surface area contributed by atoms with E-state index in [0.29, 0.717) is 11.7 Å². The zero-order valence-corrected chi connectivity index (χ0v) is 13.5. The summed E-state index contributed by atoms with van der Waals surface area (Å²) in [5.41, 5.74) is 0. The van der Waals surface area contributed by atoms with Crippen LogP contribution >= 0.6 is 0 Å². The van der Waals surface area contributed by atoms with Gasteiger partial charge in [-0.2, -0.15) is 0 Å². The van der Waals surface area contributed by atoms with Crippen LogP contribution in [0.1, 0.15) is 96.8 Å². The molecule has 0 aliphatic heterocycles. The second-order valence-corrected chi connectivity index (χ2v) is 7.18. The summed E-state index contributed by atoms with van der Waals surface area (Å²) in [4.78, 5) is 12.1. The maximum absolute atomic E-state index is 12.1. The van der Waals surface area contributed by atoms with Crippen molar-refractivity contribution in [2.24, 2.45) is 17.8 Å². The van der Waals surface area contributed by atoms with Gasteiger partial charge in [-0.25, -0.2) is 0 Å². The van der Waals surface area contributed by atoms with Gasteiger partial charge in [0.1, 0.15) is 5.78 Å². The van der Waals surface area contributed by atoms with E-state index in [4.69, 9.17) is 0 Å². The summed E-state index contributed by atoms with van der Waals surface area (Å²) in [6.07, 6.45) is 18.6. The minimum Gasteiger partial charge on any atom is -0.299 e. The van der Waals surface area contributed by atoms with E-state index in [-0.39, 0.29) is 0 Å². The Labute approximate surface area is 125 Å². The summed E-state index contributed by atoms with van der Waals surface area (Å²) in [5, 5.41) is 0. The van der Waals surface area contributed by atoms with Gasteiger partial charge in [0.05, 0.1) is 0 Å². The largest absolute Gasteiger partial charge is 0.299 e. The molecule has 0 saturated heterocycles. The lowest BCUT2D eigenvalue weighted by molar-refractivity contribution is -0.121. The van der Waals surface area contributed by atoms with Crippen LogP contribution in [-0.2, 0) is 4.79 Å². The Morgan fingerprint density at radius 3 is 1.85 bits per heavy atom. The van der Waals surface area contributed by atoms with Crippen molar-refractivity contribution in [2.45, 2.75) is 96.8 Å². The molecule has 0 aromatic heterocycles. The number of carbonyl (C=O) groups is 1. The highest BCUT2D eigenvalue weighted by Crippen LogP contribution is 2.58. The minimum absolute atomic E-state index is 0.516.